The van der Waals surface area contributed by atoms with E-state index >= 15 is 0 Å². The molecule has 1 aromatic heterocycles. The molecule has 0 spiro atoms. The Morgan fingerprint density at radius 3 is 1.72 bits per heavy atom. The van der Waals surface area contributed by atoms with Gasteiger partial charge in [-0.3, -0.25) is 0 Å². The minimum Gasteiger partial charge on any atom is -0.336 e. The summed E-state index contributed by atoms with van der Waals surface area (Å²) in [5.74, 6) is 0. The number of rotatable bonds is 2. The normalized spacial score (nSPS) is 11.2. The molecule has 0 amide bonds. The summed E-state index contributed by atoms with van der Waals surface area (Å²) < 4.78 is 5.61. The lowest BCUT2D eigenvalue weighted by molar-refractivity contribution is 0.425. The molecule has 1 heterocycles. The summed E-state index contributed by atoms with van der Waals surface area (Å²) in [5, 5.41) is 10.5. The fraction of sp³-hybridized carbons (Fsp3) is 0. The standard InChI is InChI=1S/C22H14N2O/c1-3-9-15(10-4-1)19-17-13-7-8-14-18(17)20(16-11-5-2-6-12-16)22-21(19)23-24-25-22/h1-14H. The van der Waals surface area contributed by atoms with Gasteiger partial charge in [-0.2, -0.15) is 0 Å². The quantitative estimate of drug-likeness (QED) is 0.418. The Hall–Kier alpha value is -3.46. The van der Waals surface area contributed by atoms with E-state index in [9.17, 15) is 0 Å². The minimum atomic E-state index is 0.726. The molecular weight excluding hydrogens is 308 g/mol. The van der Waals surface area contributed by atoms with Crippen molar-refractivity contribution >= 4 is 21.9 Å². The molecule has 0 saturated carbocycles. The van der Waals surface area contributed by atoms with Gasteiger partial charge in [-0.25, -0.2) is 0 Å². The molecule has 0 unspecified atom stereocenters. The zero-order valence-electron chi connectivity index (χ0n) is 13.4. The van der Waals surface area contributed by atoms with E-state index in [1.54, 1.807) is 0 Å². The predicted octanol–water partition coefficient (Wildman–Crippen LogP) is 5.71. The van der Waals surface area contributed by atoms with Crippen molar-refractivity contribution in [2.24, 2.45) is 0 Å². The van der Waals surface area contributed by atoms with Crippen molar-refractivity contribution in [3.05, 3.63) is 84.9 Å². The molecule has 25 heavy (non-hydrogen) atoms. The lowest BCUT2D eigenvalue weighted by atomic mass is 9.90. The highest BCUT2D eigenvalue weighted by molar-refractivity contribution is 6.18. The maximum atomic E-state index is 5.61. The van der Waals surface area contributed by atoms with Gasteiger partial charge in [0.05, 0.1) is 0 Å². The lowest BCUT2D eigenvalue weighted by Crippen LogP contribution is -1.89. The maximum Gasteiger partial charge on any atom is 0.196 e. The highest BCUT2D eigenvalue weighted by Gasteiger charge is 2.20. The summed E-state index contributed by atoms with van der Waals surface area (Å²) in [7, 11) is 0. The van der Waals surface area contributed by atoms with Gasteiger partial charge in [-0.1, -0.05) is 84.9 Å². The van der Waals surface area contributed by atoms with Crippen LogP contribution in [0.15, 0.2) is 89.5 Å². The summed E-state index contributed by atoms with van der Waals surface area (Å²) in [6.07, 6.45) is 0. The Labute approximate surface area is 144 Å². The molecule has 0 fully saturated rings. The van der Waals surface area contributed by atoms with E-state index in [0.29, 0.717) is 0 Å². The minimum absolute atomic E-state index is 0.726. The number of hydrogen-bond acceptors (Lipinski definition) is 3. The van der Waals surface area contributed by atoms with Crippen molar-refractivity contribution in [3.8, 4) is 22.3 Å². The van der Waals surface area contributed by atoms with Gasteiger partial charge >= 0.3 is 0 Å². The van der Waals surface area contributed by atoms with Crippen molar-refractivity contribution in [3.63, 3.8) is 0 Å². The van der Waals surface area contributed by atoms with Crippen LogP contribution in [-0.2, 0) is 0 Å². The van der Waals surface area contributed by atoms with E-state index in [2.05, 4.69) is 58.9 Å². The van der Waals surface area contributed by atoms with Gasteiger partial charge in [0.2, 0.25) is 0 Å². The highest BCUT2D eigenvalue weighted by Crippen LogP contribution is 2.42. The van der Waals surface area contributed by atoms with Gasteiger partial charge in [0, 0.05) is 16.4 Å². The van der Waals surface area contributed by atoms with Crippen LogP contribution in [0.5, 0.6) is 0 Å². The molecule has 0 saturated heterocycles. The number of fused-ring (bicyclic) bond motifs is 2. The van der Waals surface area contributed by atoms with Gasteiger partial charge < -0.3 is 4.52 Å². The van der Waals surface area contributed by atoms with Crippen LogP contribution in [0.4, 0.5) is 0 Å². The van der Waals surface area contributed by atoms with Crippen molar-refractivity contribution in [2.75, 3.05) is 0 Å². The van der Waals surface area contributed by atoms with Crippen molar-refractivity contribution in [1.82, 2.24) is 10.4 Å². The lowest BCUT2D eigenvalue weighted by Gasteiger charge is -2.12. The molecule has 0 aliphatic rings. The molecule has 4 aromatic carbocycles. The van der Waals surface area contributed by atoms with E-state index in [-0.39, 0.29) is 0 Å². The smallest absolute Gasteiger partial charge is 0.196 e. The first-order valence-electron chi connectivity index (χ1n) is 8.21. The van der Waals surface area contributed by atoms with Gasteiger partial charge in [0.15, 0.2) is 5.58 Å². The maximum absolute atomic E-state index is 5.61. The van der Waals surface area contributed by atoms with Crippen LogP contribution in [0, 0.1) is 0 Å². The molecule has 0 aliphatic carbocycles. The zero-order valence-corrected chi connectivity index (χ0v) is 13.4. The van der Waals surface area contributed by atoms with E-state index < -0.39 is 0 Å². The van der Waals surface area contributed by atoms with Gasteiger partial charge in [-0.15, -0.1) is 5.10 Å². The van der Waals surface area contributed by atoms with Crippen LogP contribution >= 0.6 is 0 Å². The van der Waals surface area contributed by atoms with Gasteiger partial charge in [0.25, 0.3) is 0 Å². The Morgan fingerprint density at radius 2 is 1.08 bits per heavy atom. The third kappa shape index (κ3) is 2.13. The van der Waals surface area contributed by atoms with E-state index in [0.717, 1.165) is 44.1 Å². The van der Waals surface area contributed by atoms with Gasteiger partial charge in [0.1, 0.15) is 5.52 Å². The Bertz CT molecular complexity index is 1090. The molecule has 0 atom stereocenters. The predicted molar refractivity (Wildman–Crippen MR) is 100 cm³/mol. The first kappa shape index (κ1) is 13.9. The molecule has 5 aromatic rings. The largest absolute Gasteiger partial charge is 0.336 e. The average molecular weight is 322 g/mol. The van der Waals surface area contributed by atoms with Crippen molar-refractivity contribution in [1.29, 1.82) is 0 Å². The third-order valence-corrected chi connectivity index (χ3v) is 4.54. The highest BCUT2D eigenvalue weighted by atomic mass is 16.5. The third-order valence-electron chi connectivity index (χ3n) is 4.54. The fourth-order valence-electron chi connectivity index (χ4n) is 3.48. The van der Waals surface area contributed by atoms with Crippen LogP contribution in [0.25, 0.3) is 44.1 Å². The van der Waals surface area contributed by atoms with Crippen LogP contribution in [0.2, 0.25) is 0 Å². The monoisotopic (exact) mass is 322 g/mol. The molecule has 3 nitrogen and oxygen atoms in total. The zero-order chi connectivity index (χ0) is 16.6. The molecule has 0 aliphatic heterocycles. The first-order chi connectivity index (χ1) is 12.4. The molecule has 5 rings (SSSR count). The number of benzene rings is 4. The molecule has 3 heteroatoms. The summed E-state index contributed by atoms with van der Waals surface area (Å²) >= 11 is 0. The Balaban J connectivity index is 2.00. The van der Waals surface area contributed by atoms with Crippen LogP contribution in [0.1, 0.15) is 0 Å². The Kier molecular flexibility index (Phi) is 3.10. The number of hydrogen-bond donors (Lipinski definition) is 0. The van der Waals surface area contributed by atoms with E-state index in [4.69, 9.17) is 4.52 Å². The second-order valence-electron chi connectivity index (χ2n) is 5.98. The van der Waals surface area contributed by atoms with Crippen molar-refractivity contribution in [2.45, 2.75) is 0 Å². The molecule has 0 bridgehead atoms. The van der Waals surface area contributed by atoms with Crippen LogP contribution in [0.3, 0.4) is 0 Å². The van der Waals surface area contributed by atoms with E-state index in [1.807, 2.05) is 36.4 Å². The summed E-state index contributed by atoms with van der Waals surface area (Å²) in [6.45, 7) is 0. The molecule has 118 valence electrons. The molecule has 0 radical (unpaired) electrons. The average Bonchev–Trinajstić information content (AvgIpc) is 3.16. The fourth-order valence-corrected chi connectivity index (χ4v) is 3.48. The Morgan fingerprint density at radius 1 is 0.560 bits per heavy atom. The number of aromatic nitrogens is 2. The number of nitrogens with zero attached hydrogens (tertiary/aromatic N) is 2. The SMILES string of the molecule is c1ccc(-c2c3ccccc3c(-c3ccccc3)c3onnc23)cc1. The summed E-state index contributed by atoms with van der Waals surface area (Å²) in [6, 6.07) is 28.9. The van der Waals surface area contributed by atoms with Crippen molar-refractivity contribution < 1.29 is 4.52 Å². The summed E-state index contributed by atoms with van der Waals surface area (Å²) in [4.78, 5) is 0. The second kappa shape index (κ2) is 5.56. The van der Waals surface area contributed by atoms with Gasteiger partial charge in [-0.05, 0) is 21.9 Å². The molecular formula is C22H14N2O. The van der Waals surface area contributed by atoms with E-state index in [1.165, 1.54) is 0 Å². The van der Waals surface area contributed by atoms with Crippen LogP contribution in [-0.4, -0.2) is 10.4 Å². The van der Waals surface area contributed by atoms with Crippen LogP contribution < -0.4 is 0 Å². The topological polar surface area (TPSA) is 38.9 Å². The molecule has 0 N–H and O–H groups in total. The first-order valence-corrected chi connectivity index (χ1v) is 8.21. The second-order valence-corrected chi connectivity index (χ2v) is 5.98. The summed E-state index contributed by atoms with van der Waals surface area (Å²) in [5.41, 5.74) is 5.83.